The standard InChI is InChI=1S/C21H30F2/c1-2-3-15-6-8-19-11-16(7-9-18(19)10-15)4-5-17-12-20(22)14-21(23)13-17/h12-16,18-19H,2-11H2,1H3. The Balaban J connectivity index is 1.48. The molecule has 1 aromatic carbocycles. The highest BCUT2D eigenvalue weighted by Gasteiger charge is 2.34. The Bertz CT molecular complexity index is 490. The fourth-order valence-corrected chi connectivity index (χ4v) is 5.14. The molecule has 0 spiro atoms. The van der Waals surface area contributed by atoms with Crippen molar-refractivity contribution in [1.29, 1.82) is 0 Å². The van der Waals surface area contributed by atoms with Gasteiger partial charge in [0.05, 0.1) is 0 Å². The van der Waals surface area contributed by atoms with Gasteiger partial charge in [0.25, 0.3) is 0 Å². The lowest BCUT2D eigenvalue weighted by Crippen LogP contribution is -2.31. The molecule has 0 amide bonds. The maximum absolute atomic E-state index is 13.3. The van der Waals surface area contributed by atoms with Crippen LogP contribution in [0, 0.1) is 35.3 Å². The first-order valence-electron chi connectivity index (χ1n) is 9.59. The van der Waals surface area contributed by atoms with Crippen LogP contribution in [0.5, 0.6) is 0 Å². The molecule has 2 saturated carbocycles. The molecule has 3 rings (SSSR count). The lowest BCUT2D eigenvalue weighted by atomic mass is 9.63. The maximum atomic E-state index is 13.3. The molecular weight excluding hydrogens is 290 g/mol. The zero-order valence-electron chi connectivity index (χ0n) is 14.4. The molecular formula is C21H30F2. The van der Waals surface area contributed by atoms with Crippen molar-refractivity contribution in [2.45, 2.75) is 71.1 Å². The van der Waals surface area contributed by atoms with Crippen LogP contribution in [0.3, 0.4) is 0 Å². The zero-order valence-corrected chi connectivity index (χ0v) is 14.4. The van der Waals surface area contributed by atoms with Crippen molar-refractivity contribution in [1.82, 2.24) is 0 Å². The molecule has 4 atom stereocenters. The number of aryl methyl sites for hydroxylation is 1. The molecule has 2 aliphatic rings. The fourth-order valence-electron chi connectivity index (χ4n) is 5.14. The van der Waals surface area contributed by atoms with Gasteiger partial charge in [-0.1, -0.05) is 32.6 Å². The molecule has 2 aliphatic carbocycles. The number of halogens is 2. The molecule has 4 unspecified atom stereocenters. The third-order valence-corrected chi connectivity index (χ3v) is 6.29. The van der Waals surface area contributed by atoms with Crippen LogP contribution in [-0.4, -0.2) is 0 Å². The number of hydrogen-bond donors (Lipinski definition) is 0. The molecule has 128 valence electrons. The van der Waals surface area contributed by atoms with Crippen LogP contribution in [0.25, 0.3) is 0 Å². The van der Waals surface area contributed by atoms with Crippen molar-refractivity contribution >= 4 is 0 Å². The highest BCUT2D eigenvalue weighted by molar-refractivity contribution is 5.18. The molecule has 2 heteroatoms. The summed E-state index contributed by atoms with van der Waals surface area (Å²) in [5.41, 5.74) is 0.816. The molecule has 0 nitrogen and oxygen atoms in total. The van der Waals surface area contributed by atoms with Gasteiger partial charge in [0, 0.05) is 6.07 Å². The Hall–Kier alpha value is -0.920. The van der Waals surface area contributed by atoms with Crippen molar-refractivity contribution in [3.05, 3.63) is 35.4 Å². The molecule has 0 bridgehead atoms. The summed E-state index contributed by atoms with van der Waals surface area (Å²) in [5, 5.41) is 0. The van der Waals surface area contributed by atoms with E-state index in [0.29, 0.717) is 0 Å². The summed E-state index contributed by atoms with van der Waals surface area (Å²) in [4.78, 5) is 0. The minimum Gasteiger partial charge on any atom is -0.207 e. The van der Waals surface area contributed by atoms with Gasteiger partial charge in [-0.15, -0.1) is 0 Å². The maximum Gasteiger partial charge on any atom is 0.126 e. The van der Waals surface area contributed by atoms with Crippen LogP contribution in [0.15, 0.2) is 18.2 Å². The lowest BCUT2D eigenvalue weighted by molar-refractivity contribution is 0.0921. The number of fused-ring (bicyclic) bond motifs is 1. The predicted octanol–water partition coefficient (Wildman–Crippen LogP) is 6.53. The van der Waals surface area contributed by atoms with E-state index in [0.717, 1.165) is 48.1 Å². The Labute approximate surface area is 139 Å². The molecule has 0 saturated heterocycles. The van der Waals surface area contributed by atoms with E-state index in [2.05, 4.69) is 6.92 Å². The quantitative estimate of drug-likeness (QED) is 0.578. The van der Waals surface area contributed by atoms with E-state index < -0.39 is 11.6 Å². The molecule has 23 heavy (non-hydrogen) atoms. The van der Waals surface area contributed by atoms with Crippen LogP contribution in [0.2, 0.25) is 0 Å². The average molecular weight is 320 g/mol. The van der Waals surface area contributed by atoms with Gasteiger partial charge < -0.3 is 0 Å². The topological polar surface area (TPSA) is 0 Å². The normalized spacial score (nSPS) is 30.9. The SMILES string of the molecule is CCCC1CCC2CC(CCc3cc(F)cc(F)c3)CCC2C1. The predicted molar refractivity (Wildman–Crippen MR) is 91.2 cm³/mol. The minimum atomic E-state index is -0.446. The van der Waals surface area contributed by atoms with Crippen molar-refractivity contribution in [3.8, 4) is 0 Å². The highest BCUT2D eigenvalue weighted by Crippen LogP contribution is 2.46. The van der Waals surface area contributed by atoms with Gasteiger partial charge in [0.2, 0.25) is 0 Å². The van der Waals surface area contributed by atoms with Crippen molar-refractivity contribution < 1.29 is 8.78 Å². The van der Waals surface area contributed by atoms with E-state index >= 15 is 0 Å². The van der Waals surface area contributed by atoms with Crippen LogP contribution < -0.4 is 0 Å². The number of hydrogen-bond acceptors (Lipinski definition) is 0. The second kappa shape index (κ2) is 7.77. The Kier molecular flexibility index (Phi) is 5.71. The largest absolute Gasteiger partial charge is 0.207 e. The van der Waals surface area contributed by atoms with Gasteiger partial charge in [-0.25, -0.2) is 8.78 Å². The van der Waals surface area contributed by atoms with E-state index in [1.54, 1.807) is 0 Å². The smallest absolute Gasteiger partial charge is 0.126 e. The molecule has 0 heterocycles. The number of rotatable bonds is 5. The zero-order chi connectivity index (χ0) is 16.2. The van der Waals surface area contributed by atoms with Gasteiger partial charge in [-0.05, 0) is 79.9 Å². The highest BCUT2D eigenvalue weighted by atomic mass is 19.1. The van der Waals surface area contributed by atoms with E-state index in [1.807, 2.05) is 0 Å². The van der Waals surface area contributed by atoms with Crippen LogP contribution >= 0.6 is 0 Å². The van der Waals surface area contributed by atoms with E-state index in [1.165, 1.54) is 63.5 Å². The fraction of sp³-hybridized carbons (Fsp3) is 0.714. The third kappa shape index (κ3) is 4.55. The monoisotopic (exact) mass is 320 g/mol. The second-order valence-electron chi connectivity index (χ2n) is 7.98. The van der Waals surface area contributed by atoms with Crippen LogP contribution in [0.1, 0.15) is 70.3 Å². The van der Waals surface area contributed by atoms with Crippen molar-refractivity contribution in [3.63, 3.8) is 0 Å². The summed E-state index contributed by atoms with van der Waals surface area (Å²) in [6.07, 6.45) is 13.0. The summed E-state index contributed by atoms with van der Waals surface area (Å²) in [5.74, 6) is 2.73. The van der Waals surface area contributed by atoms with E-state index in [9.17, 15) is 8.78 Å². The van der Waals surface area contributed by atoms with Crippen molar-refractivity contribution in [2.75, 3.05) is 0 Å². The first-order valence-corrected chi connectivity index (χ1v) is 9.59. The molecule has 0 radical (unpaired) electrons. The van der Waals surface area contributed by atoms with Crippen LogP contribution in [-0.2, 0) is 6.42 Å². The first kappa shape index (κ1) is 16.9. The summed E-state index contributed by atoms with van der Waals surface area (Å²) in [6, 6.07) is 3.94. The summed E-state index contributed by atoms with van der Waals surface area (Å²) in [6.45, 7) is 2.30. The van der Waals surface area contributed by atoms with Gasteiger partial charge >= 0.3 is 0 Å². The van der Waals surface area contributed by atoms with E-state index in [-0.39, 0.29) is 0 Å². The Morgan fingerprint density at radius 3 is 1.96 bits per heavy atom. The van der Waals surface area contributed by atoms with Gasteiger partial charge in [0.15, 0.2) is 0 Å². The van der Waals surface area contributed by atoms with Gasteiger partial charge in [0.1, 0.15) is 11.6 Å². The third-order valence-electron chi connectivity index (χ3n) is 6.29. The Morgan fingerprint density at radius 2 is 1.39 bits per heavy atom. The van der Waals surface area contributed by atoms with Gasteiger partial charge in [-0.2, -0.15) is 0 Å². The first-order chi connectivity index (χ1) is 11.1. The van der Waals surface area contributed by atoms with Gasteiger partial charge in [-0.3, -0.25) is 0 Å². The molecule has 0 N–H and O–H groups in total. The summed E-state index contributed by atoms with van der Waals surface area (Å²) >= 11 is 0. The van der Waals surface area contributed by atoms with E-state index in [4.69, 9.17) is 0 Å². The average Bonchev–Trinajstić information content (AvgIpc) is 2.52. The minimum absolute atomic E-state index is 0.446. The van der Waals surface area contributed by atoms with Crippen LogP contribution in [0.4, 0.5) is 8.78 Å². The summed E-state index contributed by atoms with van der Waals surface area (Å²) in [7, 11) is 0. The molecule has 2 fully saturated rings. The lowest BCUT2D eigenvalue weighted by Gasteiger charge is -2.42. The molecule has 1 aromatic rings. The van der Waals surface area contributed by atoms with Crippen molar-refractivity contribution in [2.24, 2.45) is 23.7 Å². The summed E-state index contributed by atoms with van der Waals surface area (Å²) < 4.78 is 26.5. The number of benzene rings is 1. The second-order valence-corrected chi connectivity index (χ2v) is 7.98. The molecule has 0 aromatic heterocycles. The molecule has 0 aliphatic heterocycles. The Morgan fingerprint density at radius 1 is 0.826 bits per heavy atom.